The lowest BCUT2D eigenvalue weighted by Gasteiger charge is -2.19. The molecule has 2 rings (SSSR count). The summed E-state index contributed by atoms with van der Waals surface area (Å²) < 4.78 is 17.8. The molecule has 2 aromatic carbocycles. The lowest BCUT2D eigenvalue weighted by molar-refractivity contribution is 0.0626. The maximum Gasteiger partial charge on any atom is 0.343 e. The second-order valence-corrected chi connectivity index (χ2v) is 10.1. The molecular formula is C33H50O4. The SMILES string of the molecule is CCCCCCCCC(CCC)Oc1ccc(OC(=O)c2ccc(C(C)OCCCCCC)cc2)cc1. The fraction of sp³-hybridized carbons (Fsp3) is 0.606. The van der Waals surface area contributed by atoms with Crippen LogP contribution in [0.5, 0.6) is 11.5 Å². The largest absolute Gasteiger partial charge is 0.490 e. The van der Waals surface area contributed by atoms with Crippen molar-refractivity contribution in [1.29, 1.82) is 0 Å². The third kappa shape index (κ3) is 12.6. The molecule has 0 saturated carbocycles. The number of esters is 1. The summed E-state index contributed by atoms with van der Waals surface area (Å²) in [5, 5.41) is 0. The van der Waals surface area contributed by atoms with Crippen LogP contribution in [0.1, 0.15) is 133 Å². The molecule has 0 bridgehead atoms. The first kappa shape index (κ1) is 30.9. The predicted molar refractivity (Wildman–Crippen MR) is 154 cm³/mol. The molecule has 0 fully saturated rings. The summed E-state index contributed by atoms with van der Waals surface area (Å²) in [5.74, 6) is 0.991. The molecule has 0 aliphatic carbocycles. The Morgan fingerprint density at radius 3 is 1.92 bits per heavy atom. The zero-order chi connectivity index (χ0) is 26.7. The Bertz CT molecular complexity index is 844. The second-order valence-electron chi connectivity index (χ2n) is 10.1. The van der Waals surface area contributed by atoms with Gasteiger partial charge in [-0.3, -0.25) is 0 Å². The minimum Gasteiger partial charge on any atom is -0.490 e. The summed E-state index contributed by atoms with van der Waals surface area (Å²) in [5.41, 5.74) is 1.59. The first-order valence-corrected chi connectivity index (χ1v) is 14.8. The van der Waals surface area contributed by atoms with Crippen LogP contribution in [0.3, 0.4) is 0 Å². The van der Waals surface area contributed by atoms with Gasteiger partial charge in [0.05, 0.1) is 17.8 Å². The normalized spacial score (nSPS) is 12.8. The van der Waals surface area contributed by atoms with E-state index in [4.69, 9.17) is 14.2 Å². The molecule has 0 aliphatic rings. The van der Waals surface area contributed by atoms with Gasteiger partial charge >= 0.3 is 5.97 Å². The first-order chi connectivity index (χ1) is 18.1. The van der Waals surface area contributed by atoms with E-state index in [1.165, 1.54) is 57.8 Å². The van der Waals surface area contributed by atoms with E-state index in [0.29, 0.717) is 11.3 Å². The van der Waals surface area contributed by atoms with E-state index >= 15 is 0 Å². The van der Waals surface area contributed by atoms with Gasteiger partial charge in [-0.05, 0) is 74.6 Å². The zero-order valence-electron chi connectivity index (χ0n) is 23.8. The second kappa shape index (κ2) is 18.8. The van der Waals surface area contributed by atoms with Crippen LogP contribution < -0.4 is 9.47 Å². The molecule has 0 saturated heterocycles. The van der Waals surface area contributed by atoms with E-state index in [0.717, 1.165) is 43.6 Å². The molecule has 0 aliphatic heterocycles. The van der Waals surface area contributed by atoms with Crippen molar-refractivity contribution in [1.82, 2.24) is 0 Å². The van der Waals surface area contributed by atoms with Crippen molar-refractivity contribution in [2.45, 2.75) is 123 Å². The molecule has 0 N–H and O–H groups in total. The van der Waals surface area contributed by atoms with Gasteiger partial charge in [0.15, 0.2) is 0 Å². The van der Waals surface area contributed by atoms with Crippen molar-refractivity contribution in [3.63, 3.8) is 0 Å². The van der Waals surface area contributed by atoms with Crippen molar-refractivity contribution in [2.24, 2.45) is 0 Å². The maximum atomic E-state index is 12.6. The molecule has 2 unspecified atom stereocenters. The minimum absolute atomic E-state index is 0.0110. The number of unbranched alkanes of at least 4 members (excludes halogenated alkanes) is 8. The fourth-order valence-electron chi connectivity index (χ4n) is 4.46. The van der Waals surface area contributed by atoms with Gasteiger partial charge in [0.25, 0.3) is 0 Å². The summed E-state index contributed by atoms with van der Waals surface area (Å²) in [6, 6.07) is 14.9. The van der Waals surface area contributed by atoms with E-state index in [-0.39, 0.29) is 18.2 Å². The standard InChI is InChI=1S/C33H50O4/c1-5-8-10-12-13-14-17-30(16-7-3)36-31-22-24-32(25-23-31)37-33(34)29-20-18-28(19-21-29)27(4)35-26-15-11-9-6-2/h18-25,27,30H,5-17,26H2,1-4H3. The van der Waals surface area contributed by atoms with E-state index in [9.17, 15) is 4.79 Å². The van der Waals surface area contributed by atoms with Crippen molar-refractivity contribution >= 4 is 5.97 Å². The average molecular weight is 511 g/mol. The molecule has 2 atom stereocenters. The van der Waals surface area contributed by atoms with Gasteiger partial charge in [-0.2, -0.15) is 0 Å². The Morgan fingerprint density at radius 1 is 0.676 bits per heavy atom. The Balaban J connectivity index is 1.80. The lowest BCUT2D eigenvalue weighted by Crippen LogP contribution is -2.16. The monoisotopic (exact) mass is 510 g/mol. The number of rotatable bonds is 20. The summed E-state index contributed by atoms with van der Waals surface area (Å²) in [4.78, 5) is 12.6. The van der Waals surface area contributed by atoms with Crippen LogP contribution in [-0.4, -0.2) is 18.7 Å². The molecule has 0 amide bonds. The Kier molecular flexibility index (Phi) is 15.7. The summed E-state index contributed by atoms with van der Waals surface area (Å²) >= 11 is 0. The highest BCUT2D eigenvalue weighted by atomic mass is 16.5. The predicted octanol–water partition coefficient (Wildman–Crippen LogP) is 9.86. The molecule has 0 radical (unpaired) electrons. The Labute approximate surface area is 226 Å². The van der Waals surface area contributed by atoms with Gasteiger partial charge in [-0.25, -0.2) is 4.79 Å². The highest BCUT2D eigenvalue weighted by Crippen LogP contribution is 2.23. The third-order valence-corrected chi connectivity index (χ3v) is 6.81. The lowest BCUT2D eigenvalue weighted by atomic mass is 10.0. The van der Waals surface area contributed by atoms with Gasteiger partial charge in [-0.15, -0.1) is 0 Å². The number of ether oxygens (including phenoxy) is 3. The molecule has 4 nitrogen and oxygen atoms in total. The first-order valence-electron chi connectivity index (χ1n) is 14.8. The topological polar surface area (TPSA) is 44.8 Å². The molecule has 0 heterocycles. The third-order valence-electron chi connectivity index (χ3n) is 6.81. The van der Waals surface area contributed by atoms with Crippen LogP contribution in [0, 0.1) is 0 Å². The van der Waals surface area contributed by atoms with Crippen LogP contribution in [0.4, 0.5) is 0 Å². The van der Waals surface area contributed by atoms with E-state index < -0.39 is 0 Å². The molecule has 2 aromatic rings. The summed E-state index contributed by atoms with van der Waals surface area (Å²) in [6.45, 7) is 9.48. The van der Waals surface area contributed by atoms with Gasteiger partial charge < -0.3 is 14.2 Å². The summed E-state index contributed by atoms with van der Waals surface area (Å²) in [6.07, 6.45) is 16.1. The molecule has 4 heteroatoms. The van der Waals surface area contributed by atoms with Crippen molar-refractivity contribution in [3.8, 4) is 11.5 Å². The highest BCUT2D eigenvalue weighted by Gasteiger charge is 2.13. The maximum absolute atomic E-state index is 12.6. The number of benzene rings is 2. The molecule has 0 spiro atoms. The van der Waals surface area contributed by atoms with Gasteiger partial charge in [0, 0.05) is 6.61 Å². The van der Waals surface area contributed by atoms with Gasteiger partial charge in [-0.1, -0.05) is 90.7 Å². The molecule has 0 aromatic heterocycles. The number of hydrogen-bond acceptors (Lipinski definition) is 4. The van der Waals surface area contributed by atoms with E-state index in [2.05, 4.69) is 27.7 Å². The molecule has 37 heavy (non-hydrogen) atoms. The van der Waals surface area contributed by atoms with Crippen molar-refractivity contribution in [2.75, 3.05) is 6.61 Å². The smallest absolute Gasteiger partial charge is 0.343 e. The van der Waals surface area contributed by atoms with Gasteiger partial charge in [0.1, 0.15) is 11.5 Å². The van der Waals surface area contributed by atoms with Crippen LogP contribution in [0.2, 0.25) is 0 Å². The highest BCUT2D eigenvalue weighted by molar-refractivity contribution is 5.91. The Hall–Kier alpha value is -2.33. The Morgan fingerprint density at radius 2 is 1.27 bits per heavy atom. The fourth-order valence-corrected chi connectivity index (χ4v) is 4.46. The number of carbonyl (C=O) groups is 1. The van der Waals surface area contributed by atoms with Crippen LogP contribution in [-0.2, 0) is 4.74 Å². The van der Waals surface area contributed by atoms with Crippen LogP contribution >= 0.6 is 0 Å². The van der Waals surface area contributed by atoms with Crippen molar-refractivity contribution < 1.29 is 19.0 Å². The molecular weight excluding hydrogens is 460 g/mol. The van der Waals surface area contributed by atoms with Crippen molar-refractivity contribution in [3.05, 3.63) is 59.7 Å². The average Bonchev–Trinajstić information content (AvgIpc) is 2.91. The van der Waals surface area contributed by atoms with E-state index in [1.54, 1.807) is 0 Å². The van der Waals surface area contributed by atoms with E-state index in [1.807, 2.05) is 48.5 Å². The van der Waals surface area contributed by atoms with Crippen LogP contribution in [0.15, 0.2) is 48.5 Å². The number of hydrogen-bond donors (Lipinski definition) is 0. The molecule has 206 valence electrons. The minimum atomic E-state index is -0.361. The number of carbonyl (C=O) groups excluding carboxylic acids is 1. The quantitative estimate of drug-likeness (QED) is 0.101. The summed E-state index contributed by atoms with van der Waals surface area (Å²) in [7, 11) is 0. The van der Waals surface area contributed by atoms with Crippen LogP contribution in [0.25, 0.3) is 0 Å². The zero-order valence-corrected chi connectivity index (χ0v) is 23.8. The van der Waals surface area contributed by atoms with Gasteiger partial charge in [0.2, 0.25) is 0 Å².